The molecule has 40 heavy (non-hydrogen) atoms. The Bertz CT molecular complexity index is 1380. The van der Waals surface area contributed by atoms with Crippen molar-refractivity contribution in [2.24, 2.45) is 5.41 Å². The molecule has 0 saturated carbocycles. The summed E-state index contributed by atoms with van der Waals surface area (Å²) in [5.74, 6) is 0.887. The van der Waals surface area contributed by atoms with Crippen LogP contribution < -0.4 is 15.4 Å². The Hall–Kier alpha value is -3.55. The second-order valence-corrected chi connectivity index (χ2v) is 11.8. The van der Waals surface area contributed by atoms with E-state index in [-0.39, 0.29) is 0 Å². The van der Waals surface area contributed by atoms with E-state index in [0.717, 1.165) is 56.3 Å². The Balaban J connectivity index is 1.30. The van der Waals surface area contributed by atoms with Crippen molar-refractivity contribution >= 4 is 34.6 Å². The van der Waals surface area contributed by atoms with Gasteiger partial charge in [-0.3, -0.25) is 4.90 Å². The first-order valence-corrected chi connectivity index (χ1v) is 14.1. The monoisotopic (exact) mass is 560 g/mol. The normalized spacial score (nSPS) is 17.6. The summed E-state index contributed by atoms with van der Waals surface area (Å²) in [5, 5.41) is 0.774. The van der Waals surface area contributed by atoms with Crippen molar-refractivity contribution in [1.29, 1.82) is 0 Å². The van der Waals surface area contributed by atoms with Crippen LogP contribution in [0, 0.1) is 5.41 Å². The number of piperazine rings is 1. The number of nitrogens with two attached hydrogens (primary N) is 1. The van der Waals surface area contributed by atoms with Crippen LogP contribution in [-0.2, 0) is 4.74 Å². The molecule has 210 valence electrons. The molecule has 2 aliphatic rings. The van der Waals surface area contributed by atoms with Crippen LogP contribution in [0.15, 0.2) is 66.4 Å². The first-order valence-electron chi connectivity index (χ1n) is 13.8. The number of pyridine rings is 1. The fourth-order valence-electron chi connectivity index (χ4n) is 5.55. The number of methoxy groups -OCH3 is 1. The lowest BCUT2D eigenvalue weighted by atomic mass is 9.72. The number of ether oxygens (including phenoxy) is 2. The number of allylic oxidation sites excluding steroid dienone is 1. The summed E-state index contributed by atoms with van der Waals surface area (Å²) in [4.78, 5) is 21.4. The second kappa shape index (κ2) is 11.9. The molecule has 1 aromatic heterocycles. The van der Waals surface area contributed by atoms with Crippen LogP contribution in [0.2, 0.25) is 5.02 Å². The molecular weight excluding hydrogens is 524 g/mol. The minimum atomic E-state index is -0.449. The summed E-state index contributed by atoms with van der Waals surface area (Å²) in [6.45, 7) is 9.40. The van der Waals surface area contributed by atoms with Gasteiger partial charge in [0, 0.05) is 49.5 Å². The number of carbonyl (C=O) groups is 1. The summed E-state index contributed by atoms with van der Waals surface area (Å²) in [6, 6.07) is 17.3. The summed E-state index contributed by atoms with van der Waals surface area (Å²) in [7, 11) is 1.37. The van der Waals surface area contributed by atoms with Gasteiger partial charge < -0.3 is 20.1 Å². The highest BCUT2D eigenvalue weighted by Gasteiger charge is 2.29. The highest BCUT2D eigenvalue weighted by Crippen LogP contribution is 2.43. The number of rotatable bonds is 7. The molecule has 2 aromatic carbocycles. The summed E-state index contributed by atoms with van der Waals surface area (Å²) >= 11 is 6.18. The van der Waals surface area contributed by atoms with E-state index >= 15 is 0 Å². The van der Waals surface area contributed by atoms with Crippen molar-refractivity contribution in [1.82, 2.24) is 9.88 Å². The molecule has 0 radical (unpaired) electrons. The number of aromatic nitrogens is 1. The SMILES string of the molecule is COC(=O)c1ccc(N2CCN(CC3=C(c4ccc(Cl)cc4)CC(C)(C)CC3)CC2)cc1Oc1ccc(N)nc1. The predicted molar refractivity (Wildman–Crippen MR) is 161 cm³/mol. The van der Waals surface area contributed by atoms with Gasteiger partial charge in [-0.25, -0.2) is 9.78 Å². The number of halogens is 1. The minimum absolute atomic E-state index is 0.301. The van der Waals surface area contributed by atoms with Gasteiger partial charge in [0.15, 0.2) is 0 Å². The third kappa shape index (κ3) is 6.60. The summed E-state index contributed by atoms with van der Waals surface area (Å²) < 4.78 is 11.0. The van der Waals surface area contributed by atoms with Crippen LogP contribution in [0.3, 0.4) is 0 Å². The van der Waals surface area contributed by atoms with Gasteiger partial charge in [0.25, 0.3) is 0 Å². The quantitative estimate of drug-likeness (QED) is 0.323. The Morgan fingerprint density at radius 2 is 1.80 bits per heavy atom. The first kappa shape index (κ1) is 28.0. The number of anilines is 2. The second-order valence-electron chi connectivity index (χ2n) is 11.4. The Morgan fingerprint density at radius 3 is 2.48 bits per heavy atom. The van der Waals surface area contributed by atoms with Gasteiger partial charge in [0.05, 0.1) is 13.3 Å². The van der Waals surface area contributed by atoms with E-state index in [9.17, 15) is 4.79 Å². The van der Waals surface area contributed by atoms with Gasteiger partial charge in [-0.05, 0) is 72.2 Å². The minimum Gasteiger partial charge on any atom is -0.465 e. The van der Waals surface area contributed by atoms with Gasteiger partial charge in [0.1, 0.15) is 22.9 Å². The number of nitrogen functional groups attached to an aromatic ring is 1. The molecule has 8 heteroatoms. The fraction of sp³-hybridized carbons (Fsp3) is 0.375. The van der Waals surface area contributed by atoms with Gasteiger partial charge in [-0.15, -0.1) is 0 Å². The van der Waals surface area contributed by atoms with E-state index in [1.807, 2.05) is 24.3 Å². The van der Waals surface area contributed by atoms with Gasteiger partial charge in [0.2, 0.25) is 0 Å². The van der Waals surface area contributed by atoms with Gasteiger partial charge >= 0.3 is 5.97 Å². The van der Waals surface area contributed by atoms with Crippen LogP contribution in [-0.4, -0.2) is 55.7 Å². The van der Waals surface area contributed by atoms with Crippen LogP contribution in [0.1, 0.15) is 49.0 Å². The number of carbonyl (C=O) groups excluding carboxylic acids is 1. The molecule has 0 spiro atoms. The van der Waals surface area contributed by atoms with Crippen molar-refractivity contribution in [3.8, 4) is 11.5 Å². The molecule has 0 atom stereocenters. The Morgan fingerprint density at radius 1 is 1.05 bits per heavy atom. The number of benzene rings is 2. The smallest absolute Gasteiger partial charge is 0.341 e. The molecule has 1 fully saturated rings. The van der Waals surface area contributed by atoms with E-state index < -0.39 is 5.97 Å². The molecular formula is C32H37ClN4O3. The lowest BCUT2D eigenvalue weighted by Gasteiger charge is -2.39. The molecule has 3 aromatic rings. The predicted octanol–water partition coefficient (Wildman–Crippen LogP) is 6.68. The van der Waals surface area contributed by atoms with Crippen molar-refractivity contribution < 1.29 is 14.3 Å². The van der Waals surface area contributed by atoms with E-state index in [2.05, 4.69) is 40.8 Å². The number of hydrogen-bond acceptors (Lipinski definition) is 7. The maximum Gasteiger partial charge on any atom is 0.341 e. The topological polar surface area (TPSA) is 80.9 Å². The van der Waals surface area contributed by atoms with Gasteiger partial charge in [-0.1, -0.05) is 43.2 Å². The maximum absolute atomic E-state index is 12.4. The zero-order valence-electron chi connectivity index (χ0n) is 23.5. The third-order valence-corrected chi connectivity index (χ3v) is 8.14. The molecule has 7 nitrogen and oxygen atoms in total. The van der Waals surface area contributed by atoms with Crippen molar-refractivity contribution in [3.63, 3.8) is 0 Å². The zero-order chi connectivity index (χ0) is 28.3. The fourth-order valence-corrected chi connectivity index (χ4v) is 5.67. The highest BCUT2D eigenvalue weighted by atomic mass is 35.5. The van der Waals surface area contributed by atoms with Crippen molar-refractivity contribution in [3.05, 3.63) is 82.5 Å². The largest absolute Gasteiger partial charge is 0.465 e. The Labute approximate surface area is 241 Å². The number of esters is 1. The zero-order valence-corrected chi connectivity index (χ0v) is 24.2. The third-order valence-electron chi connectivity index (χ3n) is 7.89. The summed E-state index contributed by atoms with van der Waals surface area (Å²) in [5.41, 5.74) is 11.7. The summed E-state index contributed by atoms with van der Waals surface area (Å²) in [6.07, 6.45) is 4.96. The molecule has 1 saturated heterocycles. The standard InChI is InChI=1S/C32H37ClN4O3/c1-32(2)13-12-23(28(19-32)22-4-6-24(33)7-5-22)21-36-14-16-37(17-15-36)25-8-10-27(31(38)39-3)29(18-25)40-26-9-11-30(34)35-20-26/h4-11,18,20H,12-17,19,21H2,1-3H3,(H2,34,35). The Kier molecular flexibility index (Phi) is 8.33. The lowest BCUT2D eigenvalue weighted by Crippen LogP contribution is -2.47. The van der Waals surface area contributed by atoms with E-state index in [1.165, 1.54) is 24.7 Å². The van der Waals surface area contributed by atoms with Crippen LogP contribution >= 0.6 is 11.6 Å². The van der Waals surface area contributed by atoms with Crippen LogP contribution in [0.25, 0.3) is 5.57 Å². The maximum atomic E-state index is 12.4. The molecule has 0 amide bonds. The first-order chi connectivity index (χ1) is 19.2. The van der Waals surface area contributed by atoms with Crippen molar-refractivity contribution in [2.75, 3.05) is 50.5 Å². The van der Waals surface area contributed by atoms with Crippen LogP contribution in [0.4, 0.5) is 11.5 Å². The molecule has 5 rings (SSSR count). The molecule has 0 unspecified atom stereocenters. The molecule has 2 heterocycles. The molecule has 0 bridgehead atoms. The van der Waals surface area contributed by atoms with E-state index in [1.54, 1.807) is 30.0 Å². The average molecular weight is 561 g/mol. The number of hydrogen-bond donors (Lipinski definition) is 1. The molecule has 2 N–H and O–H groups in total. The lowest BCUT2D eigenvalue weighted by molar-refractivity contribution is 0.0598. The highest BCUT2D eigenvalue weighted by molar-refractivity contribution is 6.30. The molecule has 1 aliphatic heterocycles. The van der Waals surface area contributed by atoms with E-state index in [4.69, 9.17) is 26.8 Å². The number of nitrogens with zero attached hydrogens (tertiary/aromatic N) is 3. The van der Waals surface area contributed by atoms with Crippen molar-refractivity contribution in [2.45, 2.75) is 33.1 Å². The average Bonchev–Trinajstić information content (AvgIpc) is 2.95. The van der Waals surface area contributed by atoms with Gasteiger partial charge in [-0.2, -0.15) is 0 Å². The molecule has 1 aliphatic carbocycles. The van der Waals surface area contributed by atoms with Crippen LogP contribution in [0.5, 0.6) is 11.5 Å². The van der Waals surface area contributed by atoms with E-state index in [0.29, 0.717) is 28.3 Å².